The number of para-hydroxylation sites is 1. The standard InChI is InChI=1S/C20H25NO2/c1-12(2)16-11-17(15(5)10-18(16)23-6)20(22)21-19-13(3)8-7-9-14(19)4/h7-12H,1-6H3,(H,21,22). The lowest BCUT2D eigenvalue weighted by molar-refractivity contribution is 0.102. The molecule has 3 heteroatoms. The fourth-order valence-electron chi connectivity index (χ4n) is 2.76. The fraction of sp³-hybridized carbons (Fsp3) is 0.350. The first kappa shape index (κ1) is 17.1. The molecule has 0 aromatic heterocycles. The van der Waals surface area contributed by atoms with E-state index in [2.05, 4.69) is 19.2 Å². The summed E-state index contributed by atoms with van der Waals surface area (Å²) in [4.78, 5) is 12.8. The third-order valence-corrected chi connectivity index (χ3v) is 4.16. The monoisotopic (exact) mass is 311 g/mol. The Bertz CT molecular complexity index is 712. The average molecular weight is 311 g/mol. The second-order valence-corrected chi connectivity index (χ2v) is 6.28. The molecule has 3 nitrogen and oxygen atoms in total. The summed E-state index contributed by atoms with van der Waals surface area (Å²) < 4.78 is 5.45. The number of methoxy groups -OCH3 is 1. The van der Waals surface area contributed by atoms with E-state index in [9.17, 15) is 4.79 Å². The van der Waals surface area contributed by atoms with Gasteiger partial charge in [0, 0.05) is 11.3 Å². The van der Waals surface area contributed by atoms with Gasteiger partial charge in [-0.3, -0.25) is 4.79 Å². The molecule has 0 aliphatic carbocycles. The zero-order valence-electron chi connectivity index (χ0n) is 14.8. The molecular weight excluding hydrogens is 286 g/mol. The molecule has 0 saturated heterocycles. The molecule has 0 atom stereocenters. The molecule has 0 unspecified atom stereocenters. The van der Waals surface area contributed by atoms with E-state index in [0.717, 1.165) is 33.7 Å². The summed E-state index contributed by atoms with van der Waals surface area (Å²) in [7, 11) is 1.66. The second kappa shape index (κ2) is 6.86. The smallest absolute Gasteiger partial charge is 0.255 e. The summed E-state index contributed by atoms with van der Waals surface area (Å²) in [6, 6.07) is 9.89. The number of nitrogens with one attached hydrogen (secondary N) is 1. The van der Waals surface area contributed by atoms with Gasteiger partial charge < -0.3 is 10.1 Å². The molecule has 2 rings (SSSR count). The molecule has 0 spiro atoms. The Morgan fingerprint density at radius 3 is 2.17 bits per heavy atom. The number of carbonyl (C=O) groups excluding carboxylic acids is 1. The van der Waals surface area contributed by atoms with E-state index in [0.29, 0.717) is 5.56 Å². The van der Waals surface area contributed by atoms with Crippen molar-refractivity contribution in [2.24, 2.45) is 0 Å². The predicted molar refractivity (Wildman–Crippen MR) is 95.7 cm³/mol. The van der Waals surface area contributed by atoms with E-state index < -0.39 is 0 Å². The van der Waals surface area contributed by atoms with Crippen LogP contribution in [0.5, 0.6) is 5.75 Å². The molecule has 0 aliphatic rings. The van der Waals surface area contributed by atoms with Crippen LogP contribution >= 0.6 is 0 Å². The van der Waals surface area contributed by atoms with Crippen LogP contribution in [-0.4, -0.2) is 13.0 Å². The fourth-order valence-corrected chi connectivity index (χ4v) is 2.76. The zero-order valence-corrected chi connectivity index (χ0v) is 14.8. The maximum absolute atomic E-state index is 12.8. The van der Waals surface area contributed by atoms with Crippen LogP contribution in [0.1, 0.15) is 52.4 Å². The Morgan fingerprint density at radius 2 is 1.65 bits per heavy atom. The van der Waals surface area contributed by atoms with E-state index in [-0.39, 0.29) is 11.8 Å². The topological polar surface area (TPSA) is 38.3 Å². The van der Waals surface area contributed by atoms with Gasteiger partial charge in [-0.25, -0.2) is 0 Å². The van der Waals surface area contributed by atoms with Crippen LogP contribution in [0, 0.1) is 20.8 Å². The van der Waals surface area contributed by atoms with Gasteiger partial charge in [0.05, 0.1) is 7.11 Å². The predicted octanol–water partition coefficient (Wildman–Crippen LogP) is 5.00. The number of hydrogen-bond donors (Lipinski definition) is 1. The molecule has 0 fully saturated rings. The van der Waals surface area contributed by atoms with Gasteiger partial charge in [-0.1, -0.05) is 32.0 Å². The van der Waals surface area contributed by atoms with Crippen molar-refractivity contribution in [3.8, 4) is 5.75 Å². The molecule has 122 valence electrons. The molecule has 0 heterocycles. The lowest BCUT2D eigenvalue weighted by Crippen LogP contribution is -2.16. The summed E-state index contributed by atoms with van der Waals surface area (Å²) in [5, 5.41) is 3.06. The van der Waals surface area contributed by atoms with E-state index in [1.165, 1.54) is 0 Å². The van der Waals surface area contributed by atoms with Gasteiger partial charge >= 0.3 is 0 Å². The molecule has 2 aromatic carbocycles. The highest BCUT2D eigenvalue weighted by Crippen LogP contribution is 2.30. The summed E-state index contributed by atoms with van der Waals surface area (Å²) in [5.41, 5.74) is 5.66. The number of carbonyl (C=O) groups is 1. The van der Waals surface area contributed by atoms with Crippen molar-refractivity contribution in [3.63, 3.8) is 0 Å². The highest BCUT2D eigenvalue weighted by Gasteiger charge is 2.17. The molecule has 0 saturated carbocycles. The summed E-state index contributed by atoms with van der Waals surface area (Å²) >= 11 is 0. The van der Waals surface area contributed by atoms with Crippen molar-refractivity contribution in [2.45, 2.75) is 40.5 Å². The highest BCUT2D eigenvalue weighted by molar-refractivity contribution is 6.06. The third kappa shape index (κ3) is 3.55. The van der Waals surface area contributed by atoms with Gasteiger partial charge in [0.25, 0.3) is 5.91 Å². The zero-order chi connectivity index (χ0) is 17.1. The number of aryl methyl sites for hydroxylation is 3. The van der Waals surface area contributed by atoms with Crippen molar-refractivity contribution in [1.29, 1.82) is 0 Å². The van der Waals surface area contributed by atoms with Gasteiger partial charge in [-0.05, 0) is 61.1 Å². The number of amides is 1. The minimum absolute atomic E-state index is 0.0792. The Hall–Kier alpha value is -2.29. The Balaban J connectivity index is 2.42. The van der Waals surface area contributed by atoms with Crippen LogP contribution in [0.4, 0.5) is 5.69 Å². The molecule has 0 radical (unpaired) electrons. The van der Waals surface area contributed by atoms with Gasteiger partial charge in [-0.15, -0.1) is 0 Å². The van der Waals surface area contributed by atoms with Crippen LogP contribution < -0.4 is 10.1 Å². The lowest BCUT2D eigenvalue weighted by Gasteiger charge is -2.17. The molecule has 1 amide bonds. The Morgan fingerprint density at radius 1 is 1.04 bits per heavy atom. The van der Waals surface area contributed by atoms with Crippen molar-refractivity contribution >= 4 is 11.6 Å². The summed E-state index contributed by atoms with van der Waals surface area (Å²) in [6.07, 6.45) is 0. The van der Waals surface area contributed by atoms with Gasteiger partial charge in [0.2, 0.25) is 0 Å². The van der Waals surface area contributed by atoms with Gasteiger partial charge in [0.1, 0.15) is 5.75 Å². The number of rotatable bonds is 4. The summed E-state index contributed by atoms with van der Waals surface area (Å²) in [6.45, 7) is 10.1. The molecule has 23 heavy (non-hydrogen) atoms. The second-order valence-electron chi connectivity index (χ2n) is 6.28. The molecule has 2 aromatic rings. The maximum Gasteiger partial charge on any atom is 0.255 e. The minimum atomic E-state index is -0.0792. The largest absolute Gasteiger partial charge is 0.496 e. The molecule has 0 aliphatic heterocycles. The van der Waals surface area contributed by atoms with E-state index in [1.807, 2.05) is 51.1 Å². The number of ether oxygens (including phenoxy) is 1. The first-order valence-electron chi connectivity index (χ1n) is 7.91. The van der Waals surface area contributed by atoms with Crippen LogP contribution in [0.2, 0.25) is 0 Å². The Labute approximate surface area is 138 Å². The maximum atomic E-state index is 12.8. The third-order valence-electron chi connectivity index (χ3n) is 4.16. The number of anilines is 1. The quantitative estimate of drug-likeness (QED) is 0.863. The van der Waals surface area contributed by atoms with Crippen molar-refractivity contribution in [2.75, 3.05) is 12.4 Å². The minimum Gasteiger partial charge on any atom is -0.496 e. The molecule has 0 bridgehead atoms. The van der Waals surface area contributed by atoms with Crippen molar-refractivity contribution in [3.05, 3.63) is 58.1 Å². The van der Waals surface area contributed by atoms with Crippen molar-refractivity contribution in [1.82, 2.24) is 0 Å². The first-order valence-corrected chi connectivity index (χ1v) is 7.91. The Kier molecular flexibility index (Phi) is 5.09. The summed E-state index contributed by atoms with van der Waals surface area (Å²) in [5.74, 6) is 1.04. The molecule has 1 N–H and O–H groups in total. The highest BCUT2D eigenvalue weighted by atomic mass is 16.5. The van der Waals surface area contributed by atoms with Crippen LogP contribution in [0.3, 0.4) is 0 Å². The van der Waals surface area contributed by atoms with Crippen molar-refractivity contribution < 1.29 is 9.53 Å². The van der Waals surface area contributed by atoms with Gasteiger partial charge in [0.15, 0.2) is 0 Å². The normalized spacial score (nSPS) is 10.7. The number of hydrogen-bond acceptors (Lipinski definition) is 2. The first-order chi connectivity index (χ1) is 10.8. The van der Waals surface area contributed by atoms with Crippen LogP contribution in [0.15, 0.2) is 30.3 Å². The van der Waals surface area contributed by atoms with E-state index in [1.54, 1.807) is 7.11 Å². The van der Waals surface area contributed by atoms with E-state index >= 15 is 0 Å². The average Bonchev–Trinajstić information content (AvgIpc) is 2.50. The van der Waals surface area contributed by atoms with Gasteiger partial charge in [-0.2, -0.15) is 0 Å². The number of benzene rings is 2. The van der Waals surface area contributed by atoms with Crippen LogP contribution in [0.25, 0.3) is 0 Å². The van der Waals surface area contributed by atoms with Crippen LogP contribution in [-0.2, 0) is 0 Å². The van der Waals surface area contributed by atoms with E-state index in [4.69, 9.17) is 4.74 Å². The molecular formula is C20H25NO2. The SMILES string of the molecule is COc1cc(C)c(C(=O)Nc2c(C)cccc2C)cc1C(C)C. The lowest BCUT2D eigenvalue weighted by atomic mass is 9.96.